The molecule has 0 bridgehead atoms. The van der Waals surface area contributed by atoms with Crippen LogP contribution < -0.4 is 0 Å². The third-order valence-electron chi connectivity index (χ3n) is 0.431. The third-order valence-corrected chi connectivity index (χ3v) is 0.431. The van der Waals surface area contributed by atoms with Crippen molar-refractivity contribution in [2.45, 2.75) is 6.92 Å². The zero-order valence-electron chi connectivity index (χ0n) is 4.31. The molecule has 0 aliphatic heterocycles. The van der Waals surface area contributed by atoms with Gasteiger partial charge >= 0.3 is 0 Å². The molecule has 0 aliphatic rings. The van der Waals surface area contributed by atoms with Gasteiger partial charge in [-0.15, -0.1) is 0 Å². The van der Waals surface area contributed by atoms with Crippen LogP contribution in [0.25, 0.3) is 0 Å². The Hall–Kier alpha value is -0.740. The summed E-state index contributed by atoms with van der Waals surface area (Å²) in [4.78, 5) is 0. The molecule has 0 fully saturated rings. The Morgan fingerprint density at radius 2 is 2.43 bits per heavy atom. The van der Waals surface area contributed by atoms with Crippen molar-refractivity contribution in [2.75, 3.05) is 6.61 Å². The summed E-state index contributed by atoms with van der Waals surface area (Å²) in [5.41, 5.74) is 0. The van der Waals surface area contributed by atoms with Crippen molar-refractivity contribution in [3.05, 3.63) is 12.2 Å². The lowest BCUT2D eigenvalue weighted by Crippen LogP contribution is -1.67. The number of rotatable bonds is 0. The molecule has 0 aromatic heterocycles. The molecular formula is C6H8O. The number of hydrogen-bond acceptors (Lipinski definition) is 1. The predicted octanol–water partition coefficient (Wildman–Crippen LogP) is 0.558. The molecule has 1 nitrogen and oxygen atoms in total. The highest BCUT2D eigenvalue weighted by molar-refractivity contribution is 5.14. The Bertz CT molecular complexity index is 103. The average molecular weight is 96.1 g/mol. The van der Waals surface area contributed by atoms with E-state index in [4.69, 9.17) is 5.11 Å². The van der Waals surface area contributed by atoms with Crippen LogP contribution in [0.15, 0.2) is 12.2 Å². The molecule has 38 valence electrons. The van der Waals surface area contributed by atoms with Crippen molar-refractivity contribution in [1.82, 2.24) is 0 Å². The Balaban J connectivity index is 3.25. The molecule has 0 saturated heterocycles. The number of hydrogen-bond donors (Lipinski definition) is 1. The summed E-state index contributed by atoms with van der Waals surface area (Å²) in [6.07, 6.45) is 3.51. The molecule has 0 radical (unpaired) electrons. The fourth-order valence-corrected chi connectivity index (χ4v) is 0.188. The van der Waals surface area contributed by atoms with Crippen LogP contribution >= 0.6 is 0 Å². The van der Waals surface area contributed by atoms with E-state index in [-0.39, 0.29) is 6.61 Å². The highest BCUT2D eigenvalue weighted by Crippen LogP contribution is 1.62. The van der Waals surface area contributed by atoms with Crippen LogP contribution in [0.4, 0.5) is 0 Å². The van der Waals surface area contributed by atoms with Gasteiger partial charge in [0, 0.05) is 0 Å². The van der Waals surface area contributed by atoms with E-state index in [1.54, 1.807) is 6.08 Å². The van der Waals surface area contributed by atoms with Gasteiger partial charge in [0.25, 0.3) is 0 Å². The quantitative estimate of drug-likeness (QED) is 0.437. The minimum atomic E-state index is -0.0513. The van der Waals surface area contributed by atoms with Crippen molar-refractivity contribution in [1.29, 1.82) is 0 Å². The van der Waals surface area contributed by atoms with Crippen molar-refractivity contribution < 1.29 is 5.11 Å². The van der Waals surface area contributed by atoms with Crippen molar-refractivity contribution in [3.63, 3.8) is 0 Å². The Morgan fingerprint density at radius 1 is 1.71 bits per heavy atom. The molecule has 0 saturated carbocycles. The van der Waals surface area contributed by atoms with Crippen molar-refractivity contribution >= 4 is 0 Å². The molecule has 0 heterocycles. The van der Waals surface area contributed by atoms with E-state index >= 15 is 0 Å². The summed E-state index contributed by atoms with van der Waals surface area (Å²) in [7, 11) is 0. The predicted molar refractivity (Wildman–Crippen MR) is 29.7 cm³/mol. The smallest absolute Gasteiger partial charge is 0.104 e. The first-order valence-corrected chi connectivity index (χ1v) is 2.12. The van der Waals surface area contributed by atoms with Gasteiger partial charge < -0.3 is 5.11 Å². The zero-order valence-corrected chi connectivity index (χ0v) is 4.31. The van der Waals surface area contributed by atoms with Crippen LogP contribution in [-0.2, 0) is 0 Å². The van der Waals surface area contributed by atoms with Crippen LogP contribution in [0.1, 0.15) is 6.92 Å². The Labute approximate surface area is 43.7 Å². The highest BCUT2D eigenvalue weighted by Gasteiger charge is 1.54. The number of allylic oxidation sites excluding steroid dienone is 2. The molecule has 0 unspecified atom stereocenters. The second-order valence-corrected chi connectivity index (χ2v) is 0.979. The monoisotopic (exact) mass is 96.1 g/mol. The van der Waals surface area contributed by atoms with Gasteiger partial charge in [0.2, 0.25) is 0 Å². The lowest BCUT2D eigenvalue weighted by atomic mass is 10.5. The summed E-state index contributed by atoms with van der Waals surface area (Å²) in [5, 5.41) is 8.09. The van der Waals surface area contributed by atoms with E-state index in [0.717, 1.165) is 0 Å². The molecule has 1 N–H and O–H groups in total. The molecule has 0 atom stereocenters. The molecule has 0 aromatic rings. The summed E-state index contributed by atoms with van der Waals surface area (Å²) in [5.74, 6) is 5.07. The van der Waals surface area contributed by atoms with E-state index in [1.807, 2.05) is 13.0 Å². The first-order valence-electron chi connectivity index (χ1n) is 2.12. The molecule has 0 aromatic carbocycles. The van der Waals surface area contributed by atoms with Gasteiger partial charge in [0.1, 0.15) is 6.61 Å². The molecule has 7 heavy (non-hydrogen) atoms. The highest BCUT2D eigenvalue weighted by atomic mass is 16.2. The van der Waals surface area contributed by atoms with Crippen molar-refractivity contribution in [3.8, 4) is 11.8 Å². The van der Waals surface area contributed by atoms with Gasteiger partial charge in [-0.1, -0.05) is 17.9 Å². The van der Waals surface area contributed by atoms with E-state index < -0.39 is 0 Å². The first-order chi connectivity index (χ1) is 3.41. The topological polar surface area (TPSA) is 20.2 Å². The maximum absolute atomic E-state index is 8.09. The standard InChI is InChI=1S/C6H8O/c1-2-3-4-5-6-7/h2-3,7H,6H2,1H3/b3-2-. The minimum absolute atomic E-state index is 0.0513. The van der Waals surface area contributed by atoms with Crippen LogP contribution in [-0.4, -0.2) is 11.7 Å². The van der Waals surface area contributed by atoms with Crippen LogP contribution in [0.3, 0.4) is 0 Å². The van der Waals surface area contributed by atoms with E-state index in [9.17, 15) is 0 Å². The number of aliphatic hydroxyl groups is 1. The van der Waals surface area contributed by atoms with E-state index in [1.165, 1.54) is 0 Å². The van der Waals surface area contributed by atoms with Gasteiger partial charge in [-0.2, -0.15) is 0 Å². The number of aliphatic hydroxyl groups excluding tert-OH is 1. The zero-order chi connectivity index (χ0) is 5.54. The van der Waals surface area contributed by atoms with Gasteiger partial charge in [0.15, 0.2) is 0 Å². The van der Waals surface area contributed by atoms with Gasteiger partial charge in [-0.25, -0.2) is 0 Å². The molecular weight excluding hydrogens is 88.1 g/mol. The second-order valence-electron chi connectivity index (χ2n) is 0.979. The van der Waals surface area contributed by atoms with Crippen molar-refractivity contribution in [2.24, 2.45) is 0 Å². The molecule has 0 spiro atoms. The maximum atomic E-state index is 8.09. The fourth-order valence-electron chi connectivity index (χ4n) is 0.188. The summed E-state index contributed by atoms with van der Waals surface area (Å²) >= 11 is 0. The lowest BCUT2D eigenvalue weighted by molar-refractivity contribution is 0.350. The van der Waals surface area contributed by atoms with Gasteiger partial charge in [-0.05, 0) is 13.0 Å². The van der Waals surface area contributed by atoms with E-state index in [0.29, 0.717) is 0 Å². The lowest BCUT2D eigenvalue weighted by Gasteiger charge is -1.64. The Kier molecular flexibility index (Phi) is 4.70. The Morgan fingerprint density at radius 3 is 2.86 bits per heavy atom. The van der Waals surface area contributed by atoms with Crippen LogP contribution in [0.5, 0.6) is 0 Å². The largest absolute Gasteiger partial charge is 0.384 e. The second kappa shape index (κ2) is 5.26. The third kappa shape index (κ3) is 5.26. The first kappa shape index (κ1) is 6.26. The maximum Gasteiger partial charge on any atom is 0.104 e. The van der Waals surface area contributed by atoms with Crippen LogP contribution in [0.2, 0.25) is 0 Å². The summed E-state index contributed by atoms with van der Waals surface area (Å²) in [6.45, 7) is 1.83. The van der Waals surface area contributed by atoms with Gasteiger partial charge in [-0.3, -0.25) is 0 Å². The summed E-state index contributed by atoms with van der Waals surface area (Å²) < 4.78 is 0. The molecule has 1 heteroatoms. The van der Waals surface area contributed by atoms with Gasteiger partial charge in [0.05, 0.1) is 0 Å². The molecule has 0 aliphatic carbocycles. The molecule has 0 rings (SSSR count). The average Bonchev–Trinajstić information content (AvgIpc) is 1.69. The summed E-state index contributed by atoms with van der Waals surface area (Å²) in [6, 6.07) is 0. The molecule has 0 amide bonds. The minimum Gasteiger partial charge on any atom is -0.384 e. The van der Waals surface area contributed by atoms with E-state index in [2.05, 4.69) is 11.8 Å². The SMILES string of the molecule is C/C=C\C#CCO. The normalized spacial score (nSPS) is 8.29. The van der Waals surface area contributed by atoms with Crippen LogP contribution in [0, 0.1) is 11.8 Å². The fraction of sp³-hybridized carbons (Fsp3) is 0.333.